The molecule has 0 fully saturated rings. The third kappa shape index (κ3) is 17.1. The number of amides is 1. The number of ether oxygens (including phenoxy) is 2. The zero-order valence-electron chi connectivity index (χ0n) is 25.3. The van der Waals surface area contributed by atoms with Gasteiger partial charge in [0.1, 0.15) is 6.61 Å². The minimum atomic E-state index is -1.42. The van der Waals surface area contributed by atoms with E-state index in [4.69, 9.17) is 9.84 Å². The Morgan fingerprint density at radius 3 is 2.02 bits per heavy atom. The number of carbonyl (C=O) groups excluding carboxylic acids is 3. The van der Waals surface area contributed by atoms with E-state index in [1.807, 2.05) is 13.0 Å². The maximum atomic E-state index is 12.7. The van der Waals surface area contributed by atoms with Gasteiger partial charge in [-0.3, -0.25) is 9.59 Å². The molecule has 0 aliphatic carbocycles. The van der Waals surface area contributed by atoms with E-state index in [9.17, 15) is 19.2 Å². The molecular weight excluding hydrogens is 522 g/mol. The molecule has 0 heterocycles. The van der Waals surface area contributed by atoms with Crippen molar-refractivity contribution in [3.8, 4) is 0 Å². The van der Waals surface area contributed by atoms with Crippen molar-refractivity contribution in [1.29, 1.82) is 0 Å². The van der Waals surface area contributed by atoms with Crippen molar-refractivity contribution < 1.29 is 33.8 Å². The summed E-state index contributed by atoms with van der Waals surface area (Å²) in [7, 11) is 0. The van der Waals surface area contributed by atoms with Crippen LogP contribution < -0.4 is 5.32 Å². The summed E-state index contributed by atoms with van der Waals surface area (Å²) in [4.78, 5) is 47.6. The lowest BCUT2D eigenvalue weighted by Crippen LogP contribution is -2.26. The van der Waals surface area contributed by atoms with Crippen LogP contribution in [0.5, 0.6) is 0 Å². The molecule has 0 saturated carbocycles. The zero-order chi connectivity index (χ0) is 30.5. The second-order valence-electron chi connectivity index (χ2n) is 10.7. The number of carbonyl (C=O) groups is 4. The Kier molecular flexibility index (Phi) is 18.5. The van der Waals surface area contributed by atoms with Crippen LogP contribution in [0.3, 0.4) is 0 Å². The summed E-state index contributed by atoms with van der Waals surface area (Å²) in [5, 5.41) is 11.5. The lowest BCUT2D eigenvalue weighted by Gasteiger charge is -2.10. The lowest BCUT2D eigenvalue weighted by molar-refractivity contribution is -0.127. The molecule has 228 valence electrons. The van der Waals surface area contributed by atoms with Crippen LogP contribution in [0.15, 0.2) is 47.6 Å². The number of ketones is 1. The van der Waals surface area contributed by atoms with Gasteiger partial charge in [0.05, 0.1) is 11.1 Å². The second-order valence-corrected chi connectivity index (χ2v) is 10.7. The standard InChI is InChI=1S/C33H49NO7/c1-25(2)17-16-18-26(3)22-24-40-32(37)29-20-14-13-19-28(29)31(36)34-23-15-11-9-7-5-6-8-10-12-21-30(35)27(4)41-33(38)39/h13-14,17,19-20,22,27H,5-12,15-16,18,21,23-24H2,1-4H3,(H,34,36)(H,38,39). The number of Topliss-reactive ketones (excluding diaryl/α,β-unsaturated/α-hetero) is 1. The van der Waals surface area contributed by atoms with E-state index >= 15 is 0 Å². The largest absolute Gasteiger partial charge is 0.506 e. The molecule has 1 aromatic rings. The minimum Gasteiger partial charge on any atom is -0.458 e. The molecule has 8 heteroatoms. The first kappa shape index (κ1) is 35.6. The smallest absolute Gasteiger partial charge is 0.458 e. The van der Waals surface area contributed by atoms with Crippen molar-refractivity contribution in [2.45, 2.75) is 111 Å². The molecule has 0 aliphatic heterocycles. The molecule has 2 N–H and O–H groups in total. The van der Waals surface area contributed by atoms with Gasteiger partial charge in [-0.1, -0.05) is 74.3 Å². The first-order valence-corrected chi connectivity index (χ1v) is 14.9. The van der Waals surface area contributed by atoms with Crippen LogP contribution in [0.25, 0.3) is 0 Å². The van der Waals surface area contributed by atoms with Crippen molar-refractivity contribution in [3.63, 3.8) is 0 Å². The van der Waals surface area contributed by atoms with E-state index in [1.165, 1.54) is 12.5 Å². The van der Waals surface area contributed by atoms with Crippen LogP contribution in [0, 0.1) is 0 Å². The first-order chi connectivity index (χ1) is 19.6. The van der Waals surface area contributed by atoms with Gasteiger partial charge in [0.15, 0.2) is 11.9 Å². The Labute approximate surface area is 245 Å². The molecule has 0 bridgehead atoms. The highest BCUT2D eigenvalue weighted by Crippen LogP contribution is 2.14. The van der Waals surface area contributed by atoms with Crippen LogP contribution in [0.1, 0.15) is 125 Å². The van der Waals surface area contributed by atoms with Crippen molar-refractivity contribution in [1.82, 2.24) is 5.32 Å². The monoisotopic (exact) mass is 571 g/mol. The number of allylic oxidation sites excluding steroid dienone is 3. The molecule has 0 spiro atoms. The van der Waals surface area contributed by atoms with Crippen molar-refractivity contribution in [2.24, 2.45) is 0 Å². The quantitative estimate of drug-likeness (QED) is 0.0877. The van der Waals surface area contributed by atoms with Gasteiger partial charge >= 0.3 is 12.1 Å². The van der Waals surface area contributed by atoms with Crippen LogP contribution in [-0.4, -0.2) is 48.2 Å². The highest BCUT2D eigenvalue weighted by molar-refractivity contribution is 6.05. The fourth-order valence-electron chi connectivity index (χ4n) is 4.27. The van der Waals surface area contributed by atoms with E-state index in [0.717, 1.165) is 76.2 Å². The van der Waals surface area contributed by atoms with Gasteiger partial charge in [-0.25, -0.2) is 9.59 Å². The van der Waals surface area contributed by atoms with Gasteiger partial charge < -0.3 is 19.9 Å². The predicted octanol–water partition coefficient (Wildman–Crippen LogP) is 7.82. The average Bonchev–Trinajstić information content (AvgIpc) is 2.92. The number of unbranched alkanes of at least 4 members (excludes halogenated alkanes) is 8. The molecule has 1 atom stereocenters. The Morgan fingerprint density at radius 2 is 1.41 bits per heavy atom. The highest BCUT2D eigenvalue weighted by atomic mass is 16.7. The average molecular weight is 572 g/mol. The minimum absolute atomic E-state index is 0.174. The summed E-state index contributed by atoms with van der Waals surface area (Å²) in [6.45, 7) is 8.36. The summed E-state index contributed by atoms with van der Waals surface area (Å²) < 4.78 is 9.88. The van der Waals surface area contributed by atoms with Crippen LogP contribution in [0.4, 0.5) is 4.79 Å². The molecule has 1 unspecified atom stereocenters. The Bertz CT molecular complexity index is 1020. The van der Waals surface area contributed by atoms with Crippen molar-refractivity contribution in [2.75, 3.05) is 13.2 Å². The highest BCUT2D eigenvalue weighted by Gasteiger charge is 2.18. The number of hydrogen-bond donors (Lipinski definition) is 2. The van der Waals surface area contributed by atoms with Gasteiger partial charge in [-0.05, 0) is 71.6 Å². The van der Waals surface area contributed by atoms with E-state index in [0.29, 0.717) is 18.5 Å². The Morgan fingerprint density at radius 1 is 0.829 bits per heavy atom. The van der Waals surface area contributed by atoms with E-state index in [2.05, 4.69) is 30.0 Å². The molecule has 1 rings (SSSR count). The van der Waals surface area contributed by atoms with Gasteiger partial charge in [0.25, 0.3) is 5.91 Å². The molecule has 8 nitrogen and oxygen atoms in total. The zero-order valence-corrected chi connectivity index (χ0v) is 25.3. The van der Waals surface area contributed by atoms with Crippen LogP contribution in [-0.2, 0) is 14.3 Å². The summed E-state index contributed by atoms with van der Waals surface area (Å²) >= 11 is 0. The molecule has 0 aromatic heterocycles. The van der Waals surface area contributed by atoms with Crippen molar-refractivity contribution >= 4 is 23.8 Å². The molecular formula is C33H49NO7. The van der Waals surface area contributed by atoms with Gasteiger partial charge in [-0.2, -0.15) is 0 Å². The molecule has 41 heavy (non-hydrogen) atoms. The summed E-state index contributed by atoms with van der Waals surface area (Å²) in [6.07, 6.45) is 13.1. The van der Waals surface area contributed by atoms with E-state index in [1.54, 1.807) is 24.3 Å². The fraction of sp³-hybridized carbons (Fsp3) is 0.576. The number of hydrogen-bond acceptors (Lipinski definition) is 6. The molecule has 1 aromatic carbocycles. The number of carboxylic acid groups (broad SMARTS) is 1. The van der Waals surface area contributed by atoms with E-state index in [-0.39, 0.29) is 23.9 Å². The number of benzene rings is 1. The fourth-order valence-corrected chi connectivity index (χ4v) is 4.27. The molecule has 0 radical (unpaired) electrons. The topological polar surface area (TPSA) is 119 Å². The maximum absolute atomic E-state index is 12.7. The normalized spacial score (nSPS) is 11.9. The van der Waals surface area contributed by atoms with Crippen LogP contribution >= 0.6 is 0 Å². The number of nitrogens with one attached hydrogen (secondary N) is 1. The molecule has 0 saturated heterocycles. The van der Waals surface area contributed by atoms with E-state index < -0.39 is 18.2 Å². The Balaban J connectivity index is 2.21. The summed E-state index contributed by atoms with van der Waals surface area (Å²) in [5.41, 5.74) is 3.04. The number of rotatable bonds is 21. The first-order valence-electron chi connectivity index (χ1n) is 14.9. The van der Waals surface area contributed by atoms with Gasteiger partial charge in [0.2, 0.25) is 0 Å². The third-order valence-electron chi connectivity index (χ3n) is 6.75. The maximum Gasteiger partial charge on any atom is 0.506 e. The van der Waals surface area contributed by atoms with Gasteiger partial charge in [-0.15, -0.1) is 0 Å². The lowest BCUT2D eigenvalue weighted by atomic mass is 10.0. The number of esters is 1. The molecule has 0 aliphatic rings. The predicted molar refractivity (Wildman–Crippen MR) is 161 cm³/mol. The van der Waals surface area contributed by atoms with Gasteiger partial charge in [0, 0.05) is 13.0 Å². The van der Waals surface area contributed by atoms with Crippen molar-refractivity contribution in [3.05, 3.63) is 58.7 Å². The van der Waals surface area contributed by atoms with Crippen LogP contribution in [0.2, 0.25) is 0 Å². The molecule has 1 amide bonds. The summed E-state index contributed by atoms with van der Waals surface area (Å²) in [5.74, 6) is -0.946. The summed E-state index contributed by atoms with van der Waals surface area (Å²) in [6, 6.07) is 6.73. The third-order valence-corrected chi connectivity index (χ3v) is 6.75. The second kappa shape index (κ2) is 21.3. The Hall–Kier alpha value is -3.42. The SMILES string of the molecule is CC(C)=CCCC(C)=CCOC(=O)c1ccccc1C(=O)NCCCCCCCCCCCC(=O)C(C)OC(=O)O.